The highest BCUT2D eigenvalue weighted by molar-refractivity contribution is 9.10. The van der Waals surface area contributed by atoms with Crippen LogP contribution in [0.3, 0.4) is 0 Å². The summed E-state index contributed by atoms with van der Waals surface area (Å²) in [4.78, 5) is 17.5. The Bertz CT molecular complexity index is 876. The second kappa shape index (κ2) is 6.61. The van der Waals surface area contributed by atoms with Gasteiger partial charge in [-0.25, -0.2) is 4.68 Å². The minimum atomic E-state index is -0.220. The molecule has 2 aliphatic rings. The molecule has 1 aliphatic carbocycles. The molecule has 1 aliphatic heterocycles. The van der Waals surface area contributed by atoms with Crippen LogP contribution in [0.25, 0.3) is 0 Å². The maximum Gasteiger partial charge on any atom is 0.227 e. The number of nitrogens with one attached hydrogen (secondary N) is 1. The van der Waals surface area contributed by atoms with Gasteiger partial charge in [0.25, 0.3) is 0 Å². The number of benzene rings is 1. The van der Waals surface area contributed by atoms with Crippen LogP contribution >= 0.6 is 27.7 Å². The van der Waals surface area contributed by atoms with Crippen molar-refractivity contribution in [3.05, 3.63) is 45.6 Å². The van der Waals surface area contributed by atoms with Crippen molar-refractivity contribution in [2.45, 2.75) is 37.9 Å². The molecule has 4 rings (SSSR count). The van der Waals surface area contributed by atoms with Gasteiger partial charge in [0.15, 0.2) is 5.78 Å². The van der Waals surface area contributed by atoms with Crippen molar-refractivity contribution < 1.29 is 4.79 Å². The molecule has 0 radical (unpaired) electrons. The van der Waals surface area contributed by atoms with Crippen molar-refractivity contribution >= 4 is 39.4 Å². The lowest BCUT2D eigenvalue weighted by Crippen LogP contribution is -2.33. The molecule has 2 atom stereocenters. The van der Waals surface area contributed by atoms with Crippen molar-refractivity contribution in [3.63, 3.8) is 0 Å². The zero-order chi connectivity index (χ0) is 17.6. The topological polar surface area (TPSA) is 59.8 Å². The summed E-state index contributed by atoms with van der Waals surface area (Å²) >= 11 is 5.15. The normalized spacial score (nSPS) is 22.4. The number of aromatic nitrogens is 3. The molecule has 2 aromatic rings. The molecule has 0 saturated carbocycles. The highest BCUT2D eigenvalue weighted by Gasteiger charge is 2.38. The van der Waals surface area contributed by atoms with Gasteiger partial charge in [-0.1, -0.05) is 53.7 Å². The number of nitrogens with zero attached hydrogens (tertiary/aromatic N) is 3. The van der Waals surface area contributed by atoms with Crippen LogP contribution in [-0.2, 0) is 4.79 Å². The predicted molar refractivity (Wildman–Crippen MR) is 103 cm³/mol. The number of hydrogen-bond acceptors (Lipinski definition) is 5. The molecule has 0 bridgehead atoms. The molecule has 0 amide bonds. The highest BCUT2D eigenvalue weighted by atomic mass is 79.9. The molecule has 0 spiro atoms. The predicted octanol–water partition coefficient (Wildman–Crippen LogP) is 4.42. The van der Waals surface area contributed by atoms with Crippen molar-refractivity contribution in [1.82, 2.24) is 14.8 Å². The summed E-state index contributed by atoms with van der Waals surface area (Å²) in [5.41, 5.74) is 2.88. The lowest BCUT2D eigenvalue weighted by molar-refractivity contribution is -0.117. The number of rotatable bonds is 3. The first-order chi connectivity index (χ1) is 12.1. The van der Waals surface area contributed by atoms with Gasteiger partial charge in [-0.2, -0.15) is 4.98 Å². The highest BCUT2D eigenvalue weighted by Crippen LogP contribution is 2.42. The largest absolute Gasteiger partial charge is 0.328 e. The molecule has 25 heavy (non-hydrogen) atoms. The molecule has 130 valence electrons. The Morgan fingerprint density at radius 1 is 1.40 bits per heavy atom. The van der Waals surface area contributed by atoms with E-state index in [1.54, 1.807) is 11.8 Å². The van der Waals surface area contributed by atoms with Gasteiger partial charge < -0.3 is 5.32 Å². The van der Waals surface area contributed by atoms with Gasteiger partial charge in [-0.15, -0.1) is 5.10 Å². The Kier molecular flexibility index (Phi) is 4.45. The summed E-state index contributed by atoms with van der Waals surface area (Å²) < 4.78 is 2.86. The van der Waals surface area contributed by atoms with E-state index in [0.717, 1.165) is 44.6 Å². The minimum Gasteiger partial charge on any atom is -0.328 e. The Balaban J connectivity index is 1.88. The Morgan fingerprint density at radius 2 is 2.24 bits per heavy atom. The van der Waals surface area contributed by atoms with Crippen LogP contribution in [0.5, 0.6) is 0 Å². The van der Waals surface area contributed by atoms with Crippen LogP contribution in [-0.4, -0.2) is 26.3 Å². The van der Waals surface area contributed by atoms with E-state index in [4.69, 9.17) is 0 Å². The molecule has 1 aromatic heterocycles. The number of hydrogen-bond donors (Lipinski definition) is 1. The number of anilines is 1. The Morgan fingerprint density at radius 3 is 3.00 bits per heavy atom. The van der Waals surface area contributed by atoms with Crippen molar-refractivity contribution in [3.8, 4) is 0 Å². The fraction of sp³-hybridized carbons (Fsp3) is 0.389. The molecule has 7 heteroatoms. The van der Waals surface area contributed by atoms with E-state index in [2.05, 4.69) is 57.3 Å². The van der Waals surface area contributed by atoms with Gasteiger partial charge in [0.2, 0.25) is 11.1 Å². The third-order valence-corrected chi connectivity index (χ3v) is 5.76. The zero-order valence-electron chi connectivity index (χ0n) is 14.1. The average Bonchev–Trinajstić information content (AvgIpc) is 2.95. The lowest BCUT2D eigenvalue weighted by Gasteiger charge is -2.34. The summed E-state index contributed by atoms with van der Waals surface area (Å²) in [6.07, 6.45) is 1.46. The fourth-order valence-electron chi connectivity index (χ4n) is 3.56. The van der Waals surface area contributed by atoms with E-state index >= 15 is 0 Å². The second-order valence-electron chi connectivity index (χ2n) is 6.51. The smallest absolute Gasteiger partial charge is 0.227 e. The van der Waals surface area contributed by atoms with E-state index in [9.17, 15) is 4.79 Å². The zero-order valence-corrected chi connectivity index (χ0v) is 16.5. The molecule has 1 aromatic carbocycles. The number of carbonyl (C=O) groups is 1. The first kappa shape index (κ1) is 16.8. The third kappa shape index (κ3) is 3.04. The summed E-state index contributed by atoms with van der Waals surface area (Å²) in [6.45, 7) is 4.20. The monoisotopic (exact) mass is 418 g/mol. The molecule has 0 fully saturated rings. The van der Waals surface area contributed by atoms with Gasteiger partial charge in [0.05, 0.1) is 0 Å². The molecule has 1 N–H and O–H groups in total. The van der Waals surface area contributed by atoms with Crippen LogP contribution in [0.2, 0.25) is 0 Å². The Hall–Kier alpha value is -1.60. The molecular weight excluding hydrogens is 400 g/mol. The maximum absolute atomic E-state index is 12.9. The summed E-state index contributed by atoms with van der Waals surface area (Å²) in [7, 11) is 0. The number of allylic oxidation sites excluding steroid dienone is 2. The average molecular weight is 419 g/mol. The van der Waals surface area contributed by atoms with Crippen LogP contribution in [0, 0.1) is 5.92 Å². The van der Waals surface area contributed by atoms with Crippen molar-refractivity contribution in [2.24, 2.45) is 5.92 Å². The summed E-state index contributed by atoms with van der Waals surface area (Å²) in [6, 6.07) is 7.88. The molecule has 2 heterocycles. The fourth-order valence-corrected chi connectivity index (χ4v) is 4.53. The number of thioether (sulfide) groups is 1. The minimum absolute atomic E-state index is 0.206. The number of Topliss-reactive ketones (excluding diaryl/α,β-unsaturated/α-hetero) is 1. The van der Waals surface area contributed by atoms with Crippen LogP contribution in [0.4, 0.5) is 5.95 Å². The number of fused-ring (bicyclic) bond motifs is 1. The van der Waals surface area contributed by atoms with Gasteiger partial charge in [0, 0.05) is 22.2 Å². The van der Waals surface area contributed by atoms with Gasteiger partial charge in [-0.3, -0.25) is 4.79 Å². The molecular formula is C18H19BrN4OS. The summed E-state index contributed by atoms with van der Waals surface area (Å²) in [5, 5.41) is 8.79. The van der Waals surface area contributed by atoms with E-state index in [-0.39, 0.29) is 11.8 Å². The molecule has 0 saturated heterocycles. The first-order valence-corrected chi connectivity index (χ1v) is 10.2. The van der Waals surface area contributed by atoms with E-state index in [0.29, 0.717) is 12.3 Å². The number of halogens is 1. The van der Waals surface area contributed by atoms with Crippen LogP contribution < -0.4 is 5.32 Å². The quantitative estimate of drug-likeness (QED) is 0.747. The maximum atomic E-state index is 12.9. The Labute approximate surface area is 159 Å². The molecule has 0 unspecified atom stereocenters. The van der Waals surface area contributed by atoms with Crippen LogP contribution in [0.15, 0.2) is 45.2 Å². The second-order valence-corrected chi connectivity index (χ2v) is 8.65. The van der Waals surface area contributed by atoms with Gasteiger partial charge >= 0.3 is 0 Å². The van der Waals surface area contributed by atoms with E-state index < -0.39 is 0 Å². The standard InChI is InChI=1S/C18H19BrN4OS/c1-3-25-18-21-17-20-13-7-10(2)8-14(24)15(13)16(23(17)22-18)11-5-4-6-12(19)9-11/h4-6,9-10,16H,3,7-8H2,1-2H3,(H,20,21,22)/t10-,16-/m0/s1. The summed E-state index contributed by atoms with van der Waals surface area (Å²) in [5.74, 6) is 2.19. The number of carbonyl (C=O) groups excluding carboxylic acids is 1. The third-order valence-electron chi connectivity index (χ3n) is 4.54. The molecule has 5 nitrogen and oxygen atoms in total. The van der Waals surface area contributed by atoms with Gasteiger partial charge in [0.1, 0.15) is 6.04 Å². The lowest BCUT2D eigenvalue weighted by atomic mass is 9.81. The van der Waals surface area contributed by atoms with Gasteiger partial charge in [-0.05, 0) is 35.8 Å². The first-order valence-electron chi connectivity index (χ1n) is 8.45. The van der Waals surface area contributed by atoms with E-state index in [1.165, 1.54) is 0 Å². The van der Waals surface area contributed by atoms with E-state index in [1.807, 2.05) is 16.8 Å². The number of ketones is 1. The SMILES string of the molecule is CCSc1nc2n(n1)[C@@H](c1cccc(Br)c1)C1=C(C[C@H](C)CC1=O)N2. The van der Waals surface area contributed by atoms with Crippen molar-refractivity contribution in [2.75, 3.05) is 11.1 Å². The van der Waals surface area contributed by atoms with Crippen LogP contribution in [0.1, 0.15) is 38.3 Å². The van der Waals surface area contributed by atoms with Crippen molar-refractivity contribution in [1.29, 1.82) is 0 Å².